The first-order chi connectivity index (χ1) is 27.4. The number of aliphatic imine (C=N–C) groups is 2. The second-order valence-corrected chi connectivity index (χ2v) is 18.4. The van der Waals surface area contributed by atoms with E-state index < -0.39 is 47.3 Å². The zero-order valence-electron chi connectivity index (χ0n) is 36.5. The number of fused-ring (bicyclic) bond motifs is 1. The van der Waals surface area contributed by atoms with Gasteiger partial charge >= 0.3 is 0 Å². The molecule has 1 aromatic heterocycles. The topological polar surface area (TPSA) is 275 Å². The summed E-state index contributed by atoms with van der Waals surface area (Å²) in [6.45, 7) is 19.8. The Labute approximate surface area is 349 Å². The van der Waals surface area contributed by atoms with E-state index in [1.54, 1.807) is 0 Å². The SMILES string of the molecule is CC(C)(C)c1cc(C(C)(C)C)c2[nH]c(C(C)(C)C)c(C[C@H](NC(=O)[C@@H](N)CCCN=C(N)N)C(=O)N[C@@H](CCCN=C(N)N)C(=O)N[C@H](C=O)Cc3ccccc3)c2c1. The van der Waals surface area contributed by atoms with Crippen molar-refractivity contribution in [1.29, 1.82) is 0 Å². The third-order valence-electron chi connectivity index (χ3n) is 10.2. The minimum Gasteiger partial charge on any atom is -0.370 e. The van der Waals surface area contributed by atoms with Gasteiger partial charge in [0.05, 0.1) is 12.1 Å². The molecule has 1 heterocycles. The molecule has 15 nitrogen and oxygen atoms in total. The van der Waals surface area contributed by atoms with E-state index in [0.717, 1.165) is 38.9 Å². The van der Waals surface area contributed by atoms with Crippen LogP contribution in [0.2, 0.25) is 0 Å². The van der Waals surface area contributed by atoms with Crippen molar-refractivity contribution in [2.24, 2.45) is 38.7 Å². The number of aromatic nitrogens is 1. The van der Waals surface area contributed by atoms with Gasteiger partial charge in [-0.2, -0.15) is 0 Å². The Kier molecular flexibility index (Phi) is 16.7. The molecule has 0 bridgehead atoms. The van der Waals surface area contributed by atoms with Crippen LogP contribution in [0.3, 0.4) is 0 Å². The highest BCUT2D eigenvalue weighted by molar-refractivity contribution is 5.95. The van der Waals surface area contributed by atoms with Crippen molar-refractivity contribution in [3.8, 4) is 0 Å². The number of rotatable bonds is 19. The zero-order valence-corrected chi connectivity index (χ0v) is 36.5. The van der Waals surface area contributed by atoms with Crippen molar-refractivity contribution in [1.82, 2.24) is 20.9 Å². The molecule has 3 aromatic rings. The van der Waals surface area contributed by atoms with Gasteiger partial charge in [0.15, 0.2) is 11.9 Å². The first kappa shape index (κ1) is 47.9. The summed E-state index contributed by atoms with van der Waals surface area (Å²) in [4.78, 5) is 66.4. The van der Waals surface area contributed by atoms with Crippen molar-refractivity contribution in [3.05, 3.63) is 70.4 Å². The molecule has 15 heteroatoms. The van der Waals surface area contributed by atoms with Gasteiger partial charge in [-0.05, 0) is 71.3 Å². The van der Waals surface area contributed by atoms with Crippen LogP contribution in [0.15, 0.2) is 52.4 Å². The summed E-state index contributed by atoms with van der Waals surface area (Å²) in [6.07, 6.45) is 2.17. The first-order valence-corrected chi connectivity index (χ1v) is 20.4. The van der Waals surface area contributed by atoms with Crippen LogP contribution < -0.4 is 44.6 Å². The standard InChI is InChI=1S/C44H69N11O4/c1-42(2,3)27-22-29-30(36(44(7,8)9)55-35(29)31(23-27)43(4,5)6)24-34(54-37(57)32(45)17-13-19-50-40(46)47)39(59)53-33(18-14-20-51-41(48)49)38(58)52-28(25-56)21-26-15-11-10-12-16-26/h10-12,15-16,22-23,25,28,32-34,55H,13-14,17-21,24,45H2,1-9H3,(H,52,58)(H,53,59)(H,54,57)(H4,46,47,50)(H4,48,49,51)/t28-,32-,33-,34-/m0/s1. The molecule has 14 N–H and O–H groups in total. The molecule has 0 saturated carbocycles. The zero-order chi connectivity index (χ0) is 44.3. The second kappa shape index (κ2) is 20.5. The number of carbonyl (C=O) groups is 4. The van der Waals surface area contributed by atoms with Crippen LogP contribution in [-0.4, -0.2) is 78.2 Å². The lowest BCUT2D eigenvalue weighted by atomic mass is 9.78. The van der Waals surface area contributed by atoms with Gasteiger partial charge in [0.25, 0.3) is 0 Å². The number of amides is 3. The first-order valence-electron chi connectivity index (χ1n) is 20.4. The van der Waals surface area contributed by atoms with E-state index in [0.29, 0.717) is 19.1 Å². The van der Waals surface area contributed by atoms with E-state index >= 15 is 0 Å². The average molecular weight is 816 g/mol. The summed E-state index contributed by atoms with van der Waals surface area (Å²) < 4.78 is 0. The third-order valence-corrected chi connectivity index (χ3v) is 10.2. The molecule has 0 unspecified atom stereocenters. The number of carbonyl (C=O) groups excluding carboxylic acids is 4. The Morgan fingerprint density at radius 2 is 1.27 bits per heavy atom. The molecule has 0 saturated heterocycles. The number of nitrogens with one attached hydrogen (secondary N) is 4. The van der Waals surface area contributed by atoms with Crippen LogP contribution in [0.1, 0.15) is 116 Å². The highest BCUT2D eigenvalue weighted by Gasteiger charge is 2.34. The third kappa shape index (κ3) is 14.4. The Bertz CT molecular complexity index is 1960. The molecular weight excluding hydrogens is 747 g/mol. The smallest absolute Gasteiger partial charge is 0.243 e. The van der Waals surface area contributed by atoms with Crippen molar-refractivity contribution < 1.29 is 19.2 Å². The van der Waals surface area contributed by atoms with Gasteiger partial charge in [0.2, 0.25) is 17.7 Å². The number of aldehydes is 1. The van der Waals surface area contributed by atoms with E-state index in [4.69, 9.17) is 28.7 Å². The normalized spacial score (nSPS) is 14.1. The lowest BCUT2D eigenvalue weighted by molar-refractivity contribution is -0.133. The maximum Gasteiger partial charge on any atom is 0.243 e. The molecule has 59 heavy (non-hydrogen) atoms. The molecule has 0 aliphatic carbocycles. The summed E-state index contributed by atoms with van der Waals surface area (Å²) in [6, 6.07) is 9.60. The molecule has 3 amide bonds. The molecule has 2 aromatic carbocycles. The average Bonchev–Trinajstić information content (AvgIpc) is 3.51. The maximum atomic E-state index is 14.7. The fraction of sp³-hybridized carbons (Fsp3) is 0.545. The molecule has 0 spiro atoms. The summed E-state index contributed by atoms with van der Waals surface area (Å²) in [5, 5.41) is 9.58. The largest absolute Gasteiger partial charge is 0.370 e. The van der Waals surface area contributed by atoms with Crippen LogP contribution in [0.25, 0.3) is 10.9 Å². The number of nitrogens with zero attached hydrogens (tertiary/aromatic N) is 2. The Balaban J connectivity index is 2.13. The maximum absolute atomic E-state index is 14.7. The van der Waals surface area contributed by atoms with E-state index in [2.05, 4.69) is 105 Å². The van der Waals surface area contributed by atoms with Crippen molar-refractivity contribution in [2.75, 3.05) is 13.1 Å². The molecule has 3 rings (SSSR count). The number of guanidine groups is 2. The van der Waals surface area contributed by atoms with Gasteiger partial charge in [-0.1, -0.05) is 98.7 Å². The van der Waals surface area contributed by atoms with Gasteiger partial charge in [0.1, 0.15) is 18.4 Å². The van der Waals surface area contributed by atoms with Crippen LogP contribution in [-0.2, 0) is 48.3 Å². The summed E-state index contributed by atoms with van der Waals surface area (Å²) in [5.41, 5.74) is 33.4. The number of H-pyrrole nitrogens is 1. The number of hydrogen-bond donors (Lipinski definition) is 9. The van der Waals surface area contributed by atoms with E-state index in [1.807, 2.05) is 30.3 Å². The molecule has 0 aliphatic rings. The monoisotopic (exact) mass is 816 g/mol. The van der Waals surface area contributed by atoms with Gasteiger partial charge < -0.3 is 54.4 Å². The highest BCUT2D eigenvalue weighted by atomic mass is 16.2. The number of aromatic amines is 1. The van der Waals surface area contributed by atoms with Gasteiger partial charge in [-0.25, -0.2) is 0 Å². The predicted molar refractivity (Wildman–Crippen MR) is 238 cm³/mol. The van der Waals surface area contributed by atoms with Crippen LogP contribution in [0.5, 0.6) is 0 Å². The molecular formula is C44H69N11O4. The van der Waals surface area contributed by atoms with Crippen molar-refractivity contribution in [2.45, 2.75) is 141 Å². The molecule has 4 atom stereocenters. The van der Waals surface area contributed by atoms with Crippen LogP contribution >= 0.6 is 0 Å². The highest BCUT2D eigenvalue weighted by Crippen LogP contribution is 2.40. The Morgan fingerprint density at radius 3 is 1.80 bits per heavy atom. The summed E-state index contributed by atoms with van der Waals surface area (Å²) in [7, 11) is 0. The van der Waals surface area contributed by atoms with Crippen molar-refractivity contribution in [3.63, 3.8) is 0 Å². The predicted octanol–water partition coefficient (Wildman–Crippen LogP) is 2.93. The molecule has 0 fully saturated rings. The van der Waals surface area contributed by atoms with E-state index in [1.165, 1.54) is 0 Å². The van der Waals surface area contributed by atoms with Gasteiger partial charge in [-0.3, -0.25) is 24.4 Å². The lowest BCUT2D eigenvalue weighted by Crippen LogP contribution is -2.57. The second-order valence-electron chi connectivity index (χ2n) is 18.4. The van der Waals surface area contributed by atoms with Crippen molar-refractivity contribution >= 4 is 46.8 Å². The lowest BCUT2D eigenvalue weighted by Gasteiger charge is -2.27. The minimum atomic E-state index is -1.16. The van der Waals surface area contributed by atoms with Crippen LogP contribution in [0.4, 0.5) is 0 Å². The van der Waals surface area contributed by atoms with E-state index in [-0.39, 0.29) is 61.5 Å². The quantitative estimate of drug-likeness (QED) is 0.0372. The Morgan fingerprint density at radius 1 is 0.712 bits per heavy atom. The number of nitrogens with two attached hydrogens (primary N) is 5. The van der Waals surface area contributed by atoms with Gasteiger partial charge in [0, 0.05) is 41.5 Å². The Hall–Kier alpha value is -5.44. The minimum absolute atomic E-state index is 0.0613. The number of hydrogen-bond acceptors (Lipinski definition) is 7. The molecule has 0 aliphatic heterocycles. The van der Waals surface area contributed by atoms with Crippen LogP contribution in [0, 0.1) is 0 Å². The number of benzene rings is 2. The summed E-state index contributed by atoms with van der Waals surface area (Å²) >= 11 is 0. The summed E-state index contributed by atoms with van der Waals surface area (Å²) in [5.74, 6) is -1.88. The van der Waals surface area contributed by atoms with Gasteiger partial charge in [-0.15, -0.1) is 0 Å². The van der Waals surface area contributed by atoms with E-state index in [9.17, 15) is 19.2 Å². The molecule has 0 radical (unpaired) electrons. The molecule has 324 valence electrons. The fourth-order valence-electron chi connectivity index (χ4n) is 6.90. The fourth-order valence-corrected chi connectivity index (χ4v) is 6.90.